The standard InChI is InChI=1S/C19H15F2NO3/c1-10-17(14-5-3-4-6-16(14)22-10)18(23)11(2)25-19(24)13-8-7-12(20)9-15(13)21/h3-9,11,22H,1-2H3. The number of Topliss-reactive ketones (excluding diaryl/α,β-unsaturated/α-hetero) is 1. The number of hydrogen-bond acceptors (Lipinski definition) is 3. The molecule has 1 N–H and O–H groups in total. The van der Waals surface area contributed by atoms with Crippen LogP contribution in [0.4, 0.5) is 8.78 Å². The Bertz CT molecular complexity index is 978. The predicted molar refractivity (Wildman–Crippen MR) is 88.6 cm³/mol. The Balaban J connectivity index is 1.85. The normalized spacial score (nSPS) is 12.2. The largest absolute Gasteiger partial charge is 0.451 e. The number of aryl methyl sites for hydroxylation is 1. The highest BCUT2D eigenvalue weighted by atomic mass is 19.1. The van der Waals surface area contributed by atoms with Gasteiger partial charge in [-0.05, 0) is 32.0 Å². The Morgan fingerprint density at radius 3 is 2.56 bits per heavy atom. The van der Waals surface area contributed by atoms with Crippen molar-refractivity contribution in [3.63, 3.8) is 0 Å². The van der Waals surface area contributed by atoms with E-state index in [1.165, 1.54) is 6.92 Å². The van der Waals surface area contributed by atoms with Gasteiger partial charge >= 0.3 is 5.97 Å². The Hall–Kier alpha value is -3.02. The molecule has 1 unspecified atom stereocenters. The summed E-state index contributed by atoms with van der Waals surface area (Å²) in [4.78, 5) is 27.9. The van der Waals surface area contributed by atoms with Crippen molar-refractivity contribution in [2.24, 2.45) is 0 Å². The van der Waals surface area contributed by atoms with Crippen molar-refractivity contribution in [3.05, 3.63) is 70.9 Å². The van der Waals surface area contributed by atoms with E-state index in [2.05, 4.69) is 4.98 Å². The second-order valence-corrected chi connectivity index (χ2v) is 5.71. The van der Waals surface area contributed by atoms with E-state index in [9.17, 15) is 18.4 Å². The van der Waals surface area contributed by atoms with E-state index in [-0.39, 0.29) is 0 Å². The summed E-state index contributed by atoms with van der Waals surface area (Å²) in [5, 5.41) is 0.723. The third-order valence-corrected chi connectivity index (χ3v) is 3.94. The van der Waals surface area contributed by atoms with E-state index in [0.29, 0.717) is 17.3 Å². The number of nitrogens with one attached hydrogen (secondary N) is 1. The molecular weight excluding hydrogens is 328 g/mol. The lowest BCUT2D eigenvalue weighted by molar-refractivity contribution is 0.0314. The van der Waals surface area contributed by atoms with Gasteiger partial charge in [0.1, 0.15) is 11.6 Å². The van der Waals surface area contributed by atoms with E-state index in [4.69, 9.17) is 4.74 Å². The van der Waals surface area contributed by atoms with Crippen molar-refractivity contribution in [2.45, 2.75) is 20.0 Å². The number of ketones is 1. The van der Waals surface area contributed by atoms with E-state index in [0.717, 1.165) is 23.0 Å². The zero-order valence-corrected chi connectivity index (χ0v) is 13.6. The first-order chi connectivity index (χ1) is 11.9. The molecule has 4 nitrogen and oxygen atoms in total. The third kappa shape index (κ3) is 3.15. The Morgan fingerprint density at radius 1 is 1.12 bits per heavy atom. The van der Waals surface area contributed by atoms with E-state index >= 15 is 0 Å². The number of aromatic amines is 1. The van der Waals surface area contributed by atoms with Gasteiger partial charge in [0.05, 0.1) is 5.56 Å². The highest BCUT2D eigenvalue weighted by molar-refractivity contribution is 6.11. The molecule has 0 bridgehead atoms. The molecule has 0 spiro atoms. The van der Waals surface area contributed by atoms with Crippen LogP contribution in [0.1, 0.15) is 33.3 Å². The predicted octanol–water partition coefficient (Wildman–Crippen LogP) is 4.18. The maximum atomic E-state index is 13.7. The summed E-state index contributed by atoms with van der Waals surface area (Å²) >= 11 is 0. The molecule has 3 rings (SSSR count). The van der Waals surface area contributed by atoms with Gasteiger partial charge < -0.3 is 9.72 Å². The van der Waals surface area contributed by atoms with Gasteiger partial charge in [-0.25, -0.2) is 13.6 Å². The number of H-pyrrole nitrogens is 1. The van der Waals surface area contributed by atoms with Gasteiger partial charge in [0, 0.05) is 28.2 Å². The first-order valence-corrected chi connectivity index (χ1v) is 7.66. The molecule has 0 fully saturated rings. The van der Waals surface area contributed by atoms with Crippen molar-refractivity contribution in [2.75, 3.05) is 0 Å². The minimum absolute atomic E-state index is 0.397. The summed E-state index contributed by atoms with van der Waals surface area (Å²) in [6.07, 6.45) is -1.12. The lowest BCUT2D eigenvalue weighted by Gasteiger charge is -2.13. The number of para-hydroxylation sites is 1. The van der Waals surface area contributed by atoms with Crippen LogP contribution in [0.2, 0.25) is 0 Å². The molecule has 1 aromatic heterocycles. The average molecular weight is 343 g/mol. The smallest absolute Gasteiger partial charge is 0.341 e. The molecule has 1 heterocycles. The lowest BCUT2D eigenvalue weighted by atomic mass is 10.0. The monoisotopic (exact) mass is 343 g/mol. The summed E-state index contributed by atoms with van der Waals surface area (Å²) in [6, 6.07) is 9.80. The van der Waals surface area contributed by atoms with E-state index in [1.54, 1.807) is 19.1 Å². The van der Waals surface area contributed by atoms with Crippen molar-refractivity contribution in [1.29, 1.82) is 0 Å². The molecule has 0 saturated carbocycles. The van der Waals surface area contributed by atoms with E-state index in [1.807, 2.05) is 12.1 Å². The molecule has 6 heteroatoms. The maximum Gasteiger partial charge on any atom is 0.341 e. The van der Waals surface area contributed by atoms with Crippen molar-refractivity contribution < 1.29 is 23.1 Å². The number of fused-ring (bicyclic) bond motifs is 1. The molecule has 0 aliphatic heterocycles. The van der Waals surface area contributed by atoms with Gasteiger partial charge in [0.15, 0.2) is 6.10 Å². The topological polar surface area (TPSA) is 59.2 Å². The summed E-state index contributed by atoms with van der Waals surface area (Å²) in [5.41, 5.74) is 1.46. The highest BCUT2D eigenvalue weighted by Crippen LogP contribution is 2.24. The van der Waals surface area contributed by atoms with Gasteiger partial charge in [-0.2, -0.15) is 0 Å². The number of halogens is 2. The number of carbonyl (C=O) groups is 2. The number of carbonyl (C=O) groups excluding carboxylic acids is 2. The zero-order chi connectivity index (χ0) is 18.1. The van der Waals surface area contributed by atoms with Crippen LogP contribution in [0, 0.1) is 18.6 Å². The van der Waals surface area contributed by atoms with Gasteiger partial charge in [-0.15, -0.1) is 0 Å². The van der Waals surface area contributed by atoms with Crippen LogP contribution in [0.15, 0.2) is 42.5 Å². The number of hydrogen-bond donors (Lipinski definition) is 1. The van der Waals surface area contributed by atoms with Crippen LogP contribution in [-0.2, 0) is 4.74 Å². The molecule has 0 amide bonds. The van der Waals surface area contributed by atoms with Gasteiger partial charge in [0.2, 0.25) is 5.78 Å². The first kappa shape index (κ1) is 16.8. The molecular formula is C19H15F2NO3. The Morgan fingerprint density at radius 2 is 1.84 bits per heavy atom. The van der Waals surface area contributed by atoms with Crippen molar-refractivity contribution >= 4 is 22.7 Å². The lowest BCUT2D eigenvalue weighted by Crippen LogP contribution is -2.25. The maximum absolute atomic E-state index is 13.7. The molecule has 25 heavy (non-hydrogen) atoms. The minimum atomic E-state index is -1.12. The van der Waals surface area contributed by atoms with Crippen LogP contribution >= 0.6 is 0 Å². The van der Waals surface area contributed by atoms with Crippen LogP contribution in [0.3, 0.4) is 0 Å². The summed E-state index contributed by atoms with van der Waals surface area (Å²) in [7, 11) is 0. The number of benzene rings is 2. The first-order valence-electron chi connectivity index (χ1n) is 7.66. The number of aromatic nitrogens is 1. The zero-order valence-electron chi connectivity index (χ0n) is 13.6. The average Bonchev–Trinajstić information content (AvgIpc) is 2.89. The number of rotatable bonds is 4. The van der Waals surface area contributed by atoms with Crippen LogP contribution in [-0.4, -0.2) is 22.8 Å². The van der Waals surface area contributed by atoms with Crippen molar-refractivity contribution in [1.82, 2.24) is 4.98 Å². The van der Waals surface area contributed by atoms with Crippen molar-refractivity contribution in [3.8, 4) is 0 Å². The number of esters is 1. The fourth-order valence-corrected chi connectivity index (χ4v) is 2.73. The van der Waals surface area contributed by atoms with Crippen LogP contribution in [0.5, 0.6) is 0 Å². The van der Waals surface area contributed by atoms with Gasteiger partial charge in [0.25, 0.3) is 0 Å². The fraction of sp³-hybridized carbons (Fsp3) is 0.158. The molecule has 0 aliphatic rings. The second-order valence-electron chi connectivity index (χ2n) is 5.71. The summed E-state index contributed by atoms with van der Waals surface area (Å²) < 4.78 is 31.7. The number of ether oxygens (including phenoxy) is 1. The highest BCUT2D eigenvalue weighted by Gasteiger charge is 2.25. The molecule has 0 saturated heterocycles. The SMILES string of the molecule is Cc1[nH]c2ccccc2c1C(=O)C(C)OC(=O)c1ccc(F)cc1F. The quantitative estimate of drug-likeness (QED) is 0.571. The van der Waals surface area contributed by atoms with Gasteiger partial charge in [-0.1, -0.05) is 18.2 Å². The Kier molecular flexibility index (Phi) is 4.35. The Labute approximate surface area is 142 Å². The minimum Gasteiger partial charge on any atom is -0.451 e. The second kappa shape index (κ2) is 6.47. The summed E-state index contributed by atoms with van der Waals surface area (Å²) in [6.45, 7) is 3.17. The molecule has 128 valence electrons. The van der Waals surface area contributed by atoms with Crippen LogP contribution < -0.4 is 0 Å². The molecule has 0 aliphatic carbocycles. The van der Waals surface area contributed by atoms with Gasteiger partial charge in [-0.3, -0.25) is 4.79 Å². The molecule has 0 radical (unpaired) electrons. The fourth-order valence-electron chi connectivity index (χ4n) is 2.73. The molecule has 1 atom stereocenters. The molecule has 2 aromatic carbocycles. The van der Waals surface area contributed by atoms with Crippen LogP contribution in [0.25, 0.3) is 10.9 Å². The summed E-state index contributed by atoms with van der Waals surface area (Å²) in [5.74, 6) is -3.25. The third-order valence-electron chi connectivity index (χ3n) is 3.94. The van der Waals surface area contributed by atoms with E-state index < -0.39 is 35.1 Å². The molecule has 3 aromatic rings.